The number of nitrogens with one attached hydrogen (secondary N) is 1. The van der Waals surface area contributed by atoms with Crippen molar-refractivity contribution in [2.45, 2.75) is 12.8 Å². The van der Waals surface area contributed by atoms with Crippen LogP contribution in [0.2, 0.25) is 0 Å². The Bertz CT molecular complexity index is 1640. The van der Waals surface area contributed by atoms with Crippen molar-refractivity contribution >= 4 is 38.8 Å². The molecule has 0 spiro atoms. The fourth-order valence-electron chi connectivity index (χ4n) is 5.35. The lowest BCUT2D eigenvalue weighted by atomic mass is 10.00. The van der Waals surface area contributed by atoms with Gasteiger partial charge in [-0.1, -0.05) is 72.8 Å². The maximum Gasteiger partial charge on any atom is 0.0563 e. The van der Waals surface area contributed by atoms with Crippen LogP contribution >= 0.6 is 0 Å². The predicted molar refractivity (Wildman–Crippen MR) is 135 cm³/mol. The number of fused-ring (bicyclic) bond motifs is 7. The Kier molecular flexibility index (Phi) is 3.71. The van der Waals surface area contributed by atoms with E-state index in [4.69, 9.17) is 0 Å². The fourth-order valence-corrected chi connectivity index (χ4v) is 5.35. The summed E-state index contributed by atoms with van der Waals surface area (Å²) >= 11 is 0. The molecule has 0 unspecified atom stereocenters. The summed E-state index contributed by atoms with van der Waals surface area (Å²) in [5.41, 5.74) is 10.1. The molecule has 0 aliphatic heterocycles. The summed E-state index contributed by atoms with van der Waals surface area (Å²) in [6.07, 6.45) is 6.74. The van der Waals surface area contributed by atoms with E-state index in [1.807, 2.05) is 0 Å². The van der Waals surface area contributed by atoms with Gasteiger partial charge in [-0.2, -0.15) is 0 Å². The van der Waals surface area contributed by atoms with E-state index in [1.54, 1.807) is 0 Å². The van der Waals surface area contributed by atoms with E-state index in [1.165, 1.54) is 60.8 Å². The lowest BCUT2D eigenvalue weighted by molar-refractivity contribution is 0.992. The number of aromatic nitrogens is 2. The van der Waals surface area contributed by atoms with Crippen molar-refractivity contribution in [3.8, 4) is 16.8 Å². The van der Waals surface area contributed by atoms with Gasteiger partial charge >= 0.3 is 0 Å². The van der Waals surface area contributed by atoms with Gasteiger partial charge in [-0.25, -0.2) is 0 Å². The summed E-state index contributed by atoms with van der Waals surface area (Å²) in [7, 11) is 0. The van der Waals surface area contributed by atoms with Gasteiger partial charge in [0.15, 0.2) is 0 Å². The van der Waals surface area contributed by atoms with E-state index in [9.17, 15) is 0 Å². The summed E-state index contributed by atoms with van der Waals surface area (Å²) in [6, 6.07) is 32.9. The minimum atomic E-state index is 1.11. The van der Waals surface area contributed by atoms with Gasteiger partial charge in [-0.05, 0) is 59.9 Å². The summed E-state index contributed by atoms with van der Waals surface area (Å²) in [5.74, 6) is 0. The van der Waals surface area contributed by atoms with Crippen LogP contribution in [-0.4, -0.2) is 9.55 Å². The zero-order chi connectivity index (χ0) is 21.1. The summed E-state index contributed by atoms with van der Waals surface area (Å²) in [5, 5.41) is 3.97. The Morgan fingerprint density at radius 2 is 1.44 bits per heavy atom. The first-order valence-corrected chi connectivity index (χ1v) is 11.3. The van der Waals surface area contributed by atoms with E-state index < -0.39 is 0 Å². The Hall–Kier alpha value is -4.04. The zero-order valence-corrected chi connectivity index (χ0v) is 17.7. The van der Waals surface area contributed by atoms with Crippen LogP contribution in [0.25, 0.3) is 55.6 Å². The normalized spacial score (nSPS) is 13.2. The summed E-state index contributed by atoms with van der Waals surface area (Å²) in [4.78, 5) is 3.75. The minimum absolute atomic E-state index is 1.11. The molecular formula is C30H22N2. The molecule has 0 saturated heterocycles. The quantitative estimate of drug-likeness (QED) is 0.300. The molecule has 0 amide bonds. The van der Waals surface area contributed by atoms with Crippen molar-refractivity contribution in [3.05, 3.63) is 108 Å². The number of nitrogens with zero attached hydrogens (tertiary/aromatic N) is 1. The third-order valence-electron chi connectivity index (χ3n) is 6.83. The molecule has 1 aliphatic rings. The van der Waals surface area contributed by atoms with E-state index in [0.29, 0.717) is 0 Å². The molecule has 0 radical (unpaired) electrons. The van der Waals surface area contributed by atoms with Gasteiger partial charge < -0.3 is 9.55 Å². The number of H-pyrrole nitrogens is 1. The van der Waals surface area contributed by atoms with Crippen molar-refractivity contribution in [1.29, 1.82) is 0 Å². The van der Waals surface area contributed by atoms with Gasteiger partial charge in [0.25, 0.3) is 0 Å². The molecule has 1 N–H and O–H groups in total. The highest BCUT2D eigenvalue weighted by atomic mass is 15.0. The molecule has 6 aromatic rings. The van der Waals surface area contributed by atoms with Crippen molar-refractivity contribution in [3.63, 3.8) is 0 Å². The van der Waals surface area contributed by atoms with E-state index in [2.05, 4.69) is 113 Å². The van der Waals surface area contributed by atoms with Crippen LogP contribution in [0.15, 0.2) is 97.1 Å². The third-order valence-corrected chi connectivity index (χ3v) is 6.83. The van der Waals surface area contributed by atoms with Crippen LogP contribution in [-0.2, 0) is 6.42 Å². The highest BCUT2D eigenvalue weighted by Crippen LogP contribution is 2.39. The second-order valence-corrected chi connectivity index (χ2v) is 8.61. The van der Waals surface area contributed by atoms with Gasteiger partial charge in [0.2, 0.25) is 0 Å². The largest absolute Gasteiger partial charge is 0.354 e. The Morgan fingerprint density at radius 3 is 2.31 bits per heavy atom. The molecule has 2 nitrogen and oxygen atoms in total. The smallest absolute Gasteiger partial charge is 0.0563 e. The zero-order valence-electron chi connectivity index (χ0n) is 17.7. The number of allylic oxidation sites excluding steroid dienone is 1. The van der Waals surface area contributed by atoms with Gasteiger partial charge in [-0.3, -0.25) is 0 Å². The third kappa shape index (κ3) is 2.47. The number of benzene rings is 4. The first kappa shape index (κ1) is 17.6. The Labute approximate surface area is 186 Å². The second kappa shape index (κ2) is 6.73. The maximum atomic E-state index is 3.75. The maximum absolute atomic E-state index is 3.75. The molecule has 0 bridgehead atoms. The van der Waals surface area contributed by atoms with Crippen molar-refractivity contribution < 1.29 is 0 Å². The van der Waals surface area contributed by atoms with Gasteiger partial charge in [-0.15, -0.1) is 0 Å². The fraction of sp³-hybridized carbons (Fsp3) is 0.0667. The first-order chi connectivity index (χ1) is 15.9. The van der Waals surface area contributed by atoms with Crippen LogP contribution in [0.4, 0.5) is 0 Å². The molecule has 0 saturated carbocycles. The highest BCUT2D eigenvalue weighted by Gasteiger charge is 2.19. The topological polar surface area (TPSA) is 20.7 Å². The van der Waals surface area contributed by atoms with Crippen LogP contribution in [0, 0.1) is 0 Å². The standard InChI is InChI=1S/C30H22N2/c1-2-8-20(9-3-1)21-14-16-22(17-15-21)32-27-13-7-5-11-25(27)29-28(32)19-18-24-23-10-4-6-12-26(23)31-30(24)29/h1-3,5-9,11-19,31H,4,10H2. The number of hydrogen-bond acceptors (Lipinski definition) is 0. The predicted octanol–water partition coefficient (Wildman–Crippen LogP) is 7.89. The summed E-state index contributed by atoms with van der Waals surface area (Å²) in [6.45, 7) is 0. The molecule has 32 heavy (non-hydrogen) atoms. The lowest BCUT2D eigenvalue weighted by Gasteiger charge is -2.09. The molecule has 2 heteroatoms. The molecule has 4 aromatic carbocycles. The summed E-state index contributed by atoms with van der Waals surface area (Å²) < 4.78 is 2.40. The van der Waals surface area contributed by atoms with Crippen LogP contribution in [0.3, 0.4) is 0 Å². The first-order valence-electron chi connectivity index (χ1n) is 11.3. The van der Waals surface area contributed by atoms with Crippen molar-refractivity contribution in [2.24, 2.45) is 0 Å². The lowest BCUT2D eigenvalue weighted by Crippen LogP contribution is -1.93. The molecular weight excluding hydrogens is 388 g/mol. The van der Waals surface area contributed by atoms with Gasteiger partial charge in [0, 0.05) is 27.5 Å². The van der Waals surface area contributed by atoms with Gasteiger partial charge in [0.1, 0.15) is 0 Å². The molecule has 1 aliphatic carbocycles. The molecule has 7 rings (SSSR count). The number of para-hydroxylation sites is 1. The minimum Gasteiger partial charge on any atom is -0.354 e. The average molecular weight is 411 g/mol. The number of rotatable bonds is 2. The van der Waals surface area contributed by atoms with Crippen molar-refractivity contribution in [1.82, 2.24) is 9.55 Å². The Morgan fingerprint density at radius 1 is 0.656 bits per heavy atom. The highest BCUT2D eigenvalue weighted by molar-refractivity contribution is 6.21. The van der Waals surface area contributed by atoms with E-state index >= 15 is 0 Å². The van der Waals surface area contributed by atoms with Crippen LogP contribution < -0.4 is 0 Å². The second-order valence-electron chi connectivity index (χ2n) is 8.61. The molecule has 0 fully saturated rings. The average Bonchev–Trinajstić information content (AvgIpc) is 3.40. The van der Waals surface area contributed by atoms with Gasteiger partial charge in [0.05, 0.1) is 16.6 Å². The SMILES string of the molecule is C1=Cc2[nH]c3c(ccc4c3c3ccccc3n4-c3ccc(-c4ccccc4)cc3)c2CC1. The van der Waals surface area contributed by atoms with Crippen LogP contribution in [0.1, 0.15) is 17.7 Å². The number of aryl methyl sites for hydroxylation is 1. The Balaban J connectivity index is 1.50. The van der Waals surface area contributed by atoms with E-state index in [0.717, 1.165) is 12.8 Å². The van der Waals surface area contributed by atoms with Crippen LogP contribution in [0.5, 0.6) is 0 Å². The number of hydrogen-bond donors (Lipinski definition) is 1. The molecule has 2 heterocycles. The molecule has 0 atom stereocenters. The molecule has 152 valence electrons. The monoisotopic (exact) mass is 410 g/mol. The van der Waals surface area contributed by atoms with E-state index in [-0.39, 0.29) is 0 Å². The molecule has 2 aromatic heterocycles. The van der Waals surface area contributed by atoms with Crippen molar-refractivity contribution in [2.75, 3.05) is 0 Å². The number of aromatic amines is 1.